The number of aryl methyl sites for hydroxylation is 1. The third-order valence-electron chi connectivity index (χ3n) is 7.12. The van der Waals surface area contributed by atoms with Crippen LogP contribution in [0.2, 0.25) is 0 Å². The highest BCUT2D eigenvalue weighted by atomic mass is 16.5. The number of hydrogen-bond acceptors (Lipinski definition) is 6. The molecule has 1 saturated carbocycles. The molecule has 2 aliphatic rings. The van der Waals surface area contributed by atoms with Crippen molar-refractivity contribution in [3.8, 4) is 22.8 Å². The fraction of sp³-hybridized carbons (Fsp3) is 0.321. The van der Waals surface area contributed by atoms with Gasteiger partial charge in [-0.15, -0.1) is 0 Å². The Kier molecular flexibility index (Phi) is 6.51. The van der Waals surface area contributed by atoms with E-state index in [4.69, 9.17) is 10.1 Å². The zero-order chi connectivity index (χ0) is 24.4. The summed E-state index contributed by atoms with van der Waals surface area (Å²) in [7, 11) is 1.82. The Bertz CT molecular complexity index is 1260. The fourth-order valence-electron chi connectivity index (χ4n) is 5.24. The Morgan fingerprint density at radius 2 is 2.03 bits per heavy atom. The Hall–Kier alpha value is -3.71. The lowest BCUT2D eigenvalue weighted by Crippen LogP contribution is -2.44. The molecule has 0 radical (unpaired) electrons. The molecule has 5 rings (SSSR count). The Morgan fingerprint density at radius 1 is 1.17 bits per heavy atom. The number of rotatable bonds is 8. The van der Waals surface area contributed by atoms with E-state index >= 15 is 0 Å². The van der Waals surface area contributed by atoms with Crippen LogP contribution in [-0.2, 0) is 6.42 Å². The molecule has 7 heteroatoms. The van der Waals surface area contributed by atoms with Gasteiger partial charge < -0.3 is 26.1 Å². The smallest absolute Gasteiger partial charge is 0.251 e. The number of ether oxygens (including phenoxy) is 1. The van der Waals surface area contributed by atoms with Crippen molar-refractivity contribution in [1.29, 1.82) is 5.41 Å². The molecule has 0 spiro atoms. The van der Waals surface area contributed by atoms with Crippen LogP contribution < -0.4 is 20.7 Å². The first-order valence-electron chi connectivity index (χ1n) is 12.2. The number of amides is 1. The molecular formula is C28H31N5O2. The van der Waals surface area contributed by atoms with Crippen molar-refractivity contribution in [2.45, 2.75) is 38.3 Å². The van der Waals surface area contributed by atoms with Gasteiger partial charge in [-0.2, -0.15) is 0 Å². The second-order valence-electron chi connectivity index (χ2n) is 9.26. The lowest BCUT2D eigenvalue weighted by atomic mass is 9.98. The molecule has 2 bridgehead atoms. The topological polar surface area (TPSA) is 99.1 Å². The molecule has 0 unspecified atom stereocenters. The number of piperidine rings is 1. The molecular weight excluding hydrogens is 438 g/mol. The van der Waals surface area contributed by atoms with E-state index < -0.39 is 0 Å². The zero-order valence-electron chi connectivity index (χ0n) is 20.1. The number of fused-ring (bicyclic) bond motifs is 2. The van der Waals surface area contributed by atoms with Gasteiger partial charge in [0.25, 0.3) is 5.91 Å². The minimum absolute atomic E-state index is 0.0182. The minimum atomic E-state index is 0.0182. The van der Waals surface area contributed by atoms with Gasteiger partial charge in [0, 0.05) is 72.6 Å². The maximum Gasteiger partial charge on any atom is 0.251 e. The van der Waals surface area contributed by atoms with Crippen molar-refractivity contribution in [2.75, 3.05) is 18.9 Å². The van der Waals surface area contributed by atoms with Crippen LogP contribution in [0.3, 0.4) is 0 Å². The molecule has 180 valence electrons. The SMILES string of the molecule is CCc1cc(-c2cc(Oc3ccc(C=N)c(NC)c3)ccn2)ccc1C(=O)N[C@H]1C[C@@H]2C[C@H]1CN2. The average molecular weight is 470 g/mol. The molecule has 2 fully saturated rings. The van der Waals surface area contributed by atoms with Crippen LogP contribution in [0.15, 0.2) is 54.7 Å². The minimum Gasteiger partial charge on any atom is -0.457 e. The van der Waals surface area contributed by atoms with E-state index in [1.807, 2.05) is 49.5 Å². The molecule has 2 aromatic carbocycles. The Morgan fingerprint density at radius 3 is 2.74 bits per heavy atom. The van der Waals surface area contributed by atoms with Crippen molar-refractivity contribution in [3.05, 3.63) is 71.4 Å². The average Bonchev–Trinajstić information content (AvgIpc) is 3.52. The molecule has 3 aromatic rings. The van der Waals surface area contributed by atoms with Gasteiger partial charge >= 0.3 is 0 Å². The van der Waals surface area contributed by atoms with E-state index in [9.17, 15) is 4.79 Å². The van der Waals surface area contributed by atoms with Crippen LogP contribution in [0.4, 0.5) is 5.69 Å². The maximum absolute atomic E-state index is 13.1. The van der Waals surface area contributed by atoms with Gasteiger partial charge in [0.1, 0.15) is 11.5 Å². The fourth-order valence-corrected chi connectivity index (χ4v) is 5.24. The first-order valence-corrected chi connectivity index (χ1v) is 12.2. The van der Waals surface area contributed by atoms with E-state index in [-0.39, 0.29) is 11.9 Å². The summed E-state index contributed by atoms with van der Waals surface area (Å²) in [6.07, 6.45) is 5.98. The highest BCUT2D eigenvalue weighted by Crippen LogP contribution is 2.32. The summed E-state index contributed by atoms with van der Waals surface area (Å²) in [6.45, 7) is 3.07. The van der Waals surface area contributed by atoms with Gasteiger partial charge in [-0.1, -0.05) is 13.0 Å². The van der Waals surface area contributed by atoms with E-state index in [0.717, 1.165) is 59.4 Å². The number of nitrogens with zero attached hydrogens (tertiary/aromatic N) is 1. The summed E-state index contributed by atoms with van der Waals surface area (Å²) in [4.78, 5) is 17.6. The number of aromatic nitrogens is 1. The second kappa shape index (κ2) is 9.88. The van der Waals surface area contributed by atoms with Crippen LogP contribution in [0.1, 0.15) is 41.3 Å². The number of benzene rings is 2. The van der Waals surface area contributed by atoms with Crippen molar-refractivity contribution in [3.63, 3.8) is 0 Å². The third-order valence-corrected chi connectivity index (χ3v) is 7.12. The number of hydrogen-bond donors (Lipinski definition) is 4. The quantitative estimate of drug-likeness (QED) is 0.361. The Labute approximate surface area is 205 Å². The van der Waals surface area contributed by atoms with Gasteiger partial charge in [-0.05, 0) is 61.1 Å². The molecule has 1 aromatic heterocycles. The van der Waals surface area contributed by atoms with Crippen LogP contribution in [0, 0.1) is 11.3 Å². The van der Waals surface area contributed by atoms with Crippen LogP contribution >= 0.6 is 0 Å². The molecule has 7 nitrogen and oxygen atoms in total. The number of carbonyl (C=O) groups excluding carboxylic acids is 1. The molecule has 2 heterocycles. The van der Waals surface area contributed by atoms with Gasteiger partial charge in [0.05, 0.1) is 5.69 Å². The molecule has 35 heavy (non-hydrogen) atoms. The summed E-state index contributed by atoms with van der Waals surface area (Å²) in [5.41, 5.74) is 5.11. The van der Waals surface area contributed by atoms with Crippen molar-refractivity contribution < 1.29 is 9.53 Å². The lowest BCUT2D eigenvalue weighted by molar-refractivity contribution is 0.0924. The summed E-state index contributed by atoms with van der Waals surface area (Å²) in [6, 6.07) is 16.0. The van der Waals surface area contributed by atoms with E-state index in [1.54, 1.807) is 6.20 Å². The van der Waals surface area contributed by atoms with Crippen molar-refractivity contribution in [2.24, 2.45) is 5.92 Å². The molecule has 3 atom stereocenters. The van der Waals surface area contributed by atoms with Crippen LogP contribution in [0.25, 0.3) is 11.3 Å². The number of carbonyl (C=O) groups is 1. The number of nitrogens with one attached hydrogen (secondary N) is 4. The summed E-state index contributed by atoms with van der Waals surface area (Å²) < 4.78 is 6.08. The standard InChI is InChI=1S/C28H31N5O2/c1-3-17-10-18(5-7-24(17)28(34)33-27-12-21-11-20(27)16-32-21)26-14-23(8-9-31-26)35-22-6-4-19(15-29)25(13-22)30-2/h4-10,13-15,20-21,27,29-30,32H,3,11-12,16H2,1-2H3,(H,33,34)/t20-,21-,27-/m0/s1. The second-order valence-corrected chi connectivity index (χ2v) is 9.26. The predicted molar refractivity (Wildman–Crippen MR) is 139 cm³/mol. The Balaban J connectivity index is 1.34. The largest absolute Gasteiger partial charge is 0.457 e. The molecule has 1 aliphatic heterocycles. The van der Waals surface area contributed by atoms with Crippen molar-refractivity contribution in [1.82, 2.24) is 15.6 Å². The van der Waals surface area contributed by atoms with Gasteiger partial charge in [-0.25, -0.2) is 0 Å². The van der Waals surface area contributed by atoms with E-state index in [1.165, 1.54) is 6.21 Å². The first-order chi connectivity index (χ1) is 17.1. The molecule has 1 saturated heterocycles. The predicted octanol–water partition coefficient (Wildman–Crippen LogP) is 4.62. The number of anilines is 1. The van der Waals surface area contributed by atoms with Gasteiger partial charge in [-0.3, -0.25) is 9.78 Å². The summed E-state index contributed by atoms with van der Waals surface area (Å²) in [5, 5.41) is 17.4. The van der Waals surface area contributed by atoms with Crippen molar-refractivity contribution >= 4 is 17.8 Å². The van der Waals surface area contributed by atoms with E-state index in [2.05, 4.69) is 33.9 Å². The first kappa shape index (κ1) is 23.1. The van der Waals surface area contributed by atoms with Gasteiger partial charge in [0.15, 0.2) is 0 Å². The molecule has 1 amide bonds. The normalized spacial score (nSPS) is 20.5. The van der Waals surface area contributed by atoms with Gasteiger partial charge in [0.2, 0.25) is 0 Å². The summed E-state index contributed by atoms with van der Waals surface area (Å²) in [5.74, 6) is 1.91. The maximum atomic E-state index is 13.1. The zero-order valence-corrected chi connectivity index (χ0v) is 20.1. The highest BCUT2D eigenvalue weighted by Gasteiger charge is 2.40. The number of pyridine rings is 1. The van der Waals surface area contributed by atoms with Crippen LogP contribution in [-0.4, -0.2) is 42.8 Å². The van der Waals surface area contributed by atoms with Crippen LogP contribution in [0.5, 0.6) is 11.5 Å². The molecule has 4 N–H and O–H groups in total. The summed E-state index contributed by atoms with van der Waals surface area (Å²) >= 11 is 0. The highest BCUT2D eigenvalue weighted by molar-refractivity contribution is 5.96. The monoisotopic (exact) mass is 469 g/mol. The third kappa shape index (κ3) is 4.77. The lowest BCUT2D eigenvalue weighted by Gasteiger charge is -2.24. The molecule has 1 aliphatic carbocycles. The van der Waals surface area contributed by atoms with E-state index in [0.29, 0.717) is 23.5 Å².